The minimum Gasteiger partial charge on any atom is -0.463 e. The Morgan fingerprint density at radius 2 is 1.93 bits per heavy atom. The highest BCUT2D eigenvalue weighted by atomic mass is 32.2. The summed E-state index contributed by atoms with van der Waals surface area (Å²) in [6, 6.07) is 11.5. The van der Waals surface area contributed by atoms with Gasteiger partial charge in [0.2, 0.25) is 10.0 Å². The summed E-state index contributed by atoms with van der Waals surface area (Å²) >= 11 is 0. The van der Waals surface area contributed by atoms with Crippen LogP contribution in [0.5, 0.6) is 0 Å². The van der Waals surface area contributed by atoms with Gasteiger partial charge in [0.05, 0.1) is 11.2 Å². The van der Waals surface area contributed by atoms with Crippen molar-refractivity contribution in [2.45, 2.75) is 11.4 Å². The Hall–Kier alpha value is -3.37. The van der Waals surface area contributed by atoms with Gasteiger partial charge in [-0.1, -0.05) is 0 Å². The van der Waals surface area contributed by atoms with Crippen LogP contribution in [-0.2, 0) is 16.6 Å². The van der Waals surface area contributed by atoms with Gasteiger partial charge in [0, 0.05) is 51.2 Å². The monoisotopic (exact) mass is 427 g/mol. The first-order valence-electron chi connectivity index (χ1n) is 9.25. The minimum atomic E-state index is -3.52. The molecule has 0 saturated carbocycles. The van der Waals surface area contributed by atoms with Crippen LogP contribution in [0.3, 0.4) is 0 Å². The van der Waals surface area contributed by atoms with E-state index in [2.05, 4.69) is 10.4 Å². The second-order valence-corrected chi connectivity index (χ2v) is 9.02. The number of fused-ring (bicyclic) bond motifs is 1. The summed E-state index contributed by atoms with van der Waals surface area (Å²) in [7, 11) is -0.589. The molecule has 0 aliphatic rings. The number of carbonyl (C=O) groups excluding carboxylic acids is 1. The van der Waals surface area contributed by atoms with Crippen molar-refractivity contribution >= 4 is 21.6 Å². The lowest BCUT2D eigenvalue weighted by molar-refractivity contribution is 0.0952. The molecule has 1 N–H and O–H groups in total. The molecule has 3 aromatic heterocycles. The van der Waals surface area contributed by atoms with E-state index in [0.29, 0.717) is 24.4 Å². The van der Waals surface area contributed by atoms with Crippen LogP contribution in [0.2, 0.25) is 0 Å². The van der Waals surface area contributed by atoms with Gasteiger partial charge in [-0.3, -0.25) is 4.79 Å². The second-order valence-electron chi connectivity index (χ2n) is 6.87. The molecule has 3 heterocycles. The van der Waals surface area contributed by atoms with Gasteiger partial charge < -0.3 is 14.3 Å². The average Bonchev–Trinajstić information content (AvgIpc) is 3.46. The number of nitrogens with zero attached hydrogens (tertiary/aromatic N) is 4. The summed E-state index contributed by atoms with van der Waals surface area (Å²) < 4.78 is 34.5. The highest BCUT2D eigenvalue weighted by molar-refractivity contribution is 7.89. The molecule has 4 rings (SSSR count). The van der Waals surface area contributed by atoms with E-state index in [4.69, 9.17) is 4.42 Å². The van der Waals surface area contributed by atoms with Crippen LogP contribution < -0.4 is 5.32 Å². The fourth-order valence-electron chi connectivity index (χ4n) is 3.04. The largest absolute Gasteiger partial charge is 0.463 e. The number of furan rings is 1. The molecule has 1 aromatic carbocycles. The van der Waals surface area contributed by atoms with Crippen LogP contribution in [0.4, 0.5) is 0 Å². The average molecular weight is 427 g/mol. The van der Waals surface area contributed by atoms with Gasteiger partial charge >= 0.3 is 0 Å². The summed E-state index contributed by atoms with van der Waals surface area (Å²) in [4.78, 5) is 12.5. The topological polar surface area (TPSA) is 102 Å². The SMILES string of the molecule is CN(C)S(=O)(=O)c1ccc(C(=O)NCCn2ccn3nc(-c4ccco4)cc23)cc1. The molecule has 156 valence electrons. The van der Waals surface area contributed by atoms with Gasteiger partial charge in [0.25, 0.3) is 5.91 Å². The molecule has 1 amide bonds. The Balaban J connectivity index is 1.39. The lowest BCUT2D eigenvalue weighted by atomic mass is 10.2. The standard InChI is InChI=1S/C20H21N5O4S/c1-23(2)30(27,28)16-7-5-15(6-8-16)20(26)21-9-10-24-11-12-25-19(24)14-17(22-25)18-4-3-13-29-18/h3-8,11-14H,9-10H2,1-2H3,(H,21,26). The molecule has 0 aliphatic carbocycles. The molecule has 9 nitrogen and oxygen atoms in total. The zero-order chi connectivity index (χ0) is 21.3. The summed E-state index contributed by atoms with van der Waals surface area (Å²) in [6.07, 6.45) is 5.33. The van der Waals surface area contributed by atoms with Crippen LogP contribution in [0, 0.1) is 0 Å². The van der Waals surface area contributed by atoms with E-state index in [1.807, 2.05) is 35.2 Å². The Morgan fingerprint density at radius 1 is 1.17 bits per heavy atom. The van der Waals surface area contributed by atoms with Crippen molar-refractivity contribution in [1.82, 2.24) is 23.8 Å². The number of aromatic nitrogens is 3. The fourth-order valence-corrected chi connectivity index (χ4v) is 3.95. The Labute approximate surface area is 173 Å². The summed E-state index contributed by atoms with van der Waals surface area (Å²) in [5.74, 6) is 0.426. The zero-order valence-electron chi connectivity index (χ0n) is 16.5. The van der Waals surface area contributed by atoms with Crippen LogP contribution in [-0.4, -0.2) is 53.5 Å². The summed E-state index contributed by atoms with van der Waals surface area (Å²) in [5, 5.41) is 7.32. The smallest absolute Gasteiger partial charge is 0.251 e. The van der Waals surface area contributed by atoms with E-state index in [-0.39, 0.29) is 10.8 Å². The number of imidazole rings is 1. The Kier molecular flexibility index (Phi) is 5.18. The van der Waals surface area contributed by atoms with E-state index in [0.717, 1.165) is 15.6 Å². The van der Waals surface area contributed by atoms with E-state index in [1.165, 1.54) is 38.4 Å². The third-order valence-electron chi connectivity index (χ3n) is 4.71. The molecule has 0 fully saturated rings. The summed E-state index contributed by atoms with van der Waals surface area (Å²) in [6.45, 7) is 0.959. The molecule has 0 saturated heterocycles. The maximum Gasteiger partial charge on any atom is 0.251 e. The normalized spacial score (nSPS) is 12.0. The minimum absolute atomic E-state index is 0.145. The molecule has 0 spiro atoms. The predicted molar refractivity (Wildman–Crippen MR) is 111 cm³/mol. The predicted octanol–water partition coefficient (Wildman–Crippen LogP) is 2.08. The number of carbonyl (C=O) groups is 1. The van der Waals surface area contributed by atoms with Crippen LogP contribution in [0.1, 0.15) is 10.4 Å². The number of rotatable bonds is 7. The van der Waals surface area contributed by atoms with Crippen molar-refractivity contribution < 1.29 is 17.6 Å². The highest BCUT2D eigenvalue weighted by Gasteiger charge is 2.17. The van der Waals surface area contributed by atoms with Gasteiger partial charge in [0.15, 0.2) is 5.76 Å². The quantitative estimate of drug-likeness (QED) is 0.487. The zero-order valence-corrected chi connectivity index (χ0v) is 17.3. The Morgan fingerprint density at radius 3 is 2.60 bits per heavy atom. The first-order chi connectivity index (χ1) is 14.4. The first kappa shape index (κ1) is 19.9. The number of amides is 1. The van der Waals surface area contributed by atoms with E-state index in [9.17, 15) is 13.2 Å². The number of sulfonamides is 1. The second kappa shape index (κ2) is 7.81. The number of hydrogen-bond donors (Lipinski definition) is 1. The number of hydrogen-bond acceptors (Lipinski definition) is 5. The molecule has 0 aliphatic heterocycles. The highest BCUT2D eigenvalue weighted by Crippen LogP contribution is 2.20. The molecule has 0 atom stereocenters. The molecule has 0 radical (unpaired) electrons. The van der Waals surface area contributed by atoms with Crippen molar-refractivity contribution in [3.63, 3.8) is 0 Å². The van der Waals surface area contributed by atoms with Crippen molar-refractivity contribution in [3.8, 4) is 11.5 Å². The maximum absolute atomic E-state index is 12.4. The van der Waals surface area contributed by atoms with Crippen molar-refractivity contribution in [2.24, 2.45) is 0 Å². The van der Waals surface area contributed by atoms with Gasteiger partial charge in [0.1, 0.15) is 11.3 Å². The van der Waals surface area contributed by atoms with Gasteiger partial charge in [-0.15, -0.1) is 0 Å². The van der Waals surface area contributed by atoms with Gasteiger partial charge in [-0.25, -0.2) is 17.2 Å². The van der Waals surface area contributed by atoms with E-state index < -0.39 is 10.0 Å². The van der Waals surface area contributed by atoms with E-state index >= 15 is 0 Å². The van der Waals surface area contributed by atoms with Crippen molar-refractivity contribution in [3.05, 3.63) is 66.7 Å². The number of benzene rings is 1. The molecular weight excluding hydrogens is 406 g/mol. The van der Waals surface area contributed by atoms with E-state index in [1.54, 1.807) is 10.8 Å². The molecule has 0 bridgehead atoms. The lowest BCUT2D eigenvalue weighted by Crippen LogP contribution is -2.27. The molecule has 4 aromatic rings. The van der Waals surface area contributed by atoms with Crippen LogP contribution in [0.15, 0.2) is 70.4 Å². The third kappa shape index (κ3) is 3.74. The first-order valence-corrected chi connectivity index (χ1v) is 10.7. The van der Waals surface area contributed by atoms with Gasteiger partial charge in [-0.2, -0.15) is 5.10 Å². The van der Waals surface area contributed by atoms with Gasteiger partial charge in [-0.05, 0) is 36.4 Å². The van der Waals surface area contributed by atoms with Crippen LogP contribution in [0.25, 0.3) is 17.1 Å². The van der Waals surface area contributed by atoms with Crippen molar-refractivity contribution in [1.29, 1.82) is 0 Å². The maximum atomic E-state index is 12.4. The number of nitrogens with one attached hydrogen (secondary N) is 1. The van der Waals surface area contributed by atoms with Crippen LogP contribution >= 0.6 is 0 Å². The lowest BCUT2D eigenvalue weighted by Gasteiger charge is -2.11. The summed E-state index contributed by atoms with van der Waals surface area (Å²) in [5.41, 5.74) is 2.02. The van der Waals surface area contributed by atoms with Crippen molar-refractivity contribution in [2.75, 3.05) is 20.6 Å². The fraction of sp³-hybridized carbons (Fsp3) is 0.200. The third-order valence-corrected chi connectivity index (χ3v) is 6.53. The molecule has 10 heteroatoms. The molecular formula is C20H21N5O4S. The molecule has 30 heavy (non-hydrogen) atoms. The Bertz CT molecular complexity index is 1270. The molecule has 0 unspecified atom stereocenters.